The first-order chi connectivity index (χ1) is 6.42. The van der Waals surface area contributed by atoms with Gasteiger partial charge >= 0.3 is 0 Å². The van der Waals surface area contributed by atoms with Gasteiger partial charge in [-0.15, -0.1) is 0 Å². The van der Waals surface area contributed by atoms with Crippen molar-refractivity contribution in [2.45, 2.75) is 32.1 Å². The molecule has 2 heteroatoms. The van der Waals surface area contributed by atoms with Gasteiger partial charge in [0.05, 0.1) is 0 Å². The quantitative estimate of drug-likeness (QED) is 0.677. The van der Waals surface area contributed by atoms with Crippen molar-refractivity contribution in [3.8, 4) is 0 Å². The fraction of sp³-hybridized carbons (Fsp3) is 1.00. The Kier molecular flexibility index (Phi) is 3.23. The van der Waals surface area contributed by atoms with E-state index in [9.17, 15) is 0 Å². The van der Waals surface area contributed by atoms with Crippen LogP contribution >= 0.6 is 0 Å². The second kappa shape index (κ2) is 4.43. The molecule has 0 spiro atoms. The standard InChI is InChI=1S/C11H22N2/c12-7-10-8-13-6-5-11(10)9-3-1-2-4-9/h9-11,13H,1-8,12H2. The molecule has 2 rings (SSSR count). The third kappa shape index (κ3) is 2.05. The molecule has 2 atom stereocenters. The van der Waals surface area contributed by atoms with E-state index in [0.717, 1.165) is 30.8 Å². The summed E-state index contributed by atoms with van der Waals surface area (Å²) in [4.78, 5) is 0. The SMILES string of the molecule is NCC1CNCCC1C1CCCC1. The number of piperidine rings is 1. The molecule has 1 aliphatic carbocycles. The van der Waals surface area contributed by atoms with Crippen LogP contribution in [0.15, 0.2) is 0 Å². The fourth-order valence-corrected chi connectivity index (χ4v) is 3.21. The molecule has 2 unspecified atom stereocenters. The summed E-state index contributed by atoms with van der Waals surface area (Å²) in [5, 5.41) is 3.46. The molecule has 1 saturated carbocycles. The molecule has 0 bridgehead atoms. The van der Waals surface area contributed by atoms with Gasteiger partial charge in [-0.05, 0) is 43.8 Å². The van der Waals surface area contributed by atoms with E-state index < -0.39 is 0 Å². The van der Waals surface area contributed by atoms with Crippen LogP contribution in [0.4, 0.5) is 0 Å². The van der Waals surface area contributed by atoms with E-state index in [0.29, 0.717) is 0 Å². The molecule has 1 saturated heterocycles. The van der Waals surface area contributed by atoms with E-state index in [-0.39, 0.29) is 0 Å². The van der Waals surface area contributed by atoms with Crippen LogP contribution in [0, 0.1) is 17.8 Å². The number of hydrogen-bond acceptors (Lipinski definition) is 2. The lowest BCUT2D eigenvalue weighted by Gasteiger charge is -2.35. The monoisotopic (exact) mass is 182 g/mol. The number of hydrogen-bond donors (Lipinski definition) is 2. The van der Waals surface area contributed by atoms with Crippen molar-refractivity contribution in [3.05, 3.63) is 0 Å². The average Bonchev–Trinajstić information content (AvgIpc) is 2.70. The van der Waals surface area contributed by atoms with Crippen LogP contribution in [0.5, 0.6) is 0 Å². The lowest BCUT2D eigenvalue weighted by Crippen LogP contribution is -2.42. The van der Waals surface area contributed by atoms with Crippen LogP contribution in [-0.2, 0) is 0 Å². The Hall–Kier alpha value is -0.0800. The molecule has 1 heterocycles. The van der Waals surface area contributed by atoms with Gasteiger partial charge in [-0.1, -0.05) is 25.7 Å². The summed E-state index contributed by atoms with van der Waals surface area (Å²) < 4.78 is 0. The average molecular weight is 182 g/mol. The summed E-state index contributed by atoms with van der Waals surface area (Å²) in [5.41, 5.74) is 5.82. The van der Waals surface area contributed by atoms with Crippen molar-refractivity contribution in [1.29, 1.82) is 0 Å². The van der Waals surface area contributed by atoms with Crippen LogP contribution in [0.3, 0.4) is 0 Å². The molecule has 0 aromatic carbocycles. The molecule has 76 valence electrons. The Labute approximate surface area is 81.3 Å². The molecule has 0 radical (unpaired) electrons. The molecule has 1 aliphatic heterocycles. The zero-order chi connectivity index (χ0) is 9.10. The molecule has 0 amide bonds. The molecular weight excluding hydrogens is 160 g/mol. The molecular formula is C11H22N2. The number of rotatable bonds is 2. The lowest BCUT2D eigenvalue weighted by atomic mass is 9.76. The van der Waals surface area contributed by atoms with Gasteiger partial charge in [0.2, 0.25) is 0 Å². The Morgan fingerprint density at radius 1 is 1.15 bits per heavy atom. The first kappa shape index (κ1) is 9.47. The Morgan fingerprint density at radius 3 is 2.62 bits per heavy atom. The van der Waals surface area contributed by atoms with Gasteiger partial charge in [-0.2, -0.15) is 0 Å². The van der Waals surface area contributed by atoms with E-state index in [1.807, 2.05) is 0 Å². The highest BCUT2D eigenvalue weighted by Gasteiger charge is 2.32. The van der Waals surface area contributed by atoms with Gasteiger partial charge in [0, 0.05) is 0 Å². The van der Waals surface area contributed by atoms with Gasteiger partial charge in [0.15, 0.2) is 0 Å². The first-order valence-corrected chi connectivity index (χ1v) is 5.82. The molecule has 2 fully saturated rings. The number of nitrogens with two attached hydrogens (primary N) is 1. The summed E-state index contributed by atoms with van der Waals surface area (Å²) >= 11 is 0. The van der Waals surface area contributed by atoms with Crippen molar-refractivity contribution in [1.82, 2.24) is 5.32 Å². The largest absolute Gasteiger partial charge is 0.330 e. The third-order valence-electron chi connectivity index (χ3n) is 3.97. The van der Waals surface area contributed by atoms with Crippen LogP contribution < -0.4 is 11.1 Å². The van der Waals surface area contributed by atoms with Crippen molar-refractivity contribution in [3.63, 3.8) is 0 Å². The summed E-state index contributed by atoms with van der Waals surface area (Å²) in [5.74, 6) is 2.71. The molecule has 0 aromatic heterocycles. The highest BCUT2D eigenvalue weighted by Crippen LogP contribution is 2.37. The van der Waals surface area contributed by atoms with Gasteiger partial charge in [0.25, 0.3) is 0 Å². The Morgan fingerprint density at radius 2 is 1.92 bits per heavy atom. The second-order valence-corrected chi connectivity index (χ2v) is 4.70. The number of nitrogens with one attached hydrogen (secondary N) is 1. The van der Waals surface area contributed by atoms with E-state index in [4.69, 9.17) is 5.73 Å². The maximum atomic E-state index is 5.82. The topological polar surface area (TPSA) is 38.0 Å². The van der Waals surface area contributed by atoms with Crippen LogP contribution in [-0.4, -0.2) is 19.6 Å². The van der Waals surface area contributed by atoms with Crippen LogP contribution in [0.25, 0.3) is 0 Å². The zero-order valence-corrected chi connectivity index (χ0v) is 8.47. The molecule has 0 aromatic rings. The van der Waals surface area contributed by atoms with Crippen molar-refractivity contribution >= 4 is 0 Å². The minimum atomic E-state index is 0.761. The first-order valence-electron chi connectivity index (χ1n) is 5.82. The highest BCUT2D eigenvalue weighted by atomic mass is 14.9. The molecule has 2 nitrogen and oxygen atoms in total. The predicted molar refractivity (Wildman–Crippen MR) is 55.5 cm³/mol. The summed E-state index contributed by atoms with van der Waals surface area (Å²) in [6, 6.07) is 0. The molecule has 3 N–H and O–H groups in total. The van der Waals surface area contributed by atoms with Crippen molar-refractivity contribution in [2.75, 3.05) is 19.6 Å². The van der Waals surface area contributed by atoms with Gasteiger partial charge in [-0.25, -0.2) is 0 Å². The van der Waals surface area contributed by atoms with Gasteiger partial charge in [0.1, 0.15) is 0 Å². The van der Waals surface area contributed by atoms with Crippen molar-refractivity contribution < 1.29 is 0 Å². The Bertz CT molecular complexity index is 150. The fourth-order valence-electron chi connectivity index (χ4n) is 3.21. The third-order valence-corrected chi connectivity index (χ3v) is 3.97. The normalized spacial score (nSPS) is 36.7. The maximum absolute atomic E-state index is 5.82. The summed E-state index contributed by atoms with van der Waals surface area (Å²) in [6.45, 7) is 3.27. The van der Waals surface area contributed by atoms with Crippen molar-refractivity contribution in [2.24, 2.45) is 23.5 Å². The zero-order valence-electron chi connectivity index (χ0n) is 8.47. The summed E-state index contributed by atoms with van der Waals surface area (Å²) in [7, 11) is 0. The second-order valence-electron chi connectivity index (χ2n) is 4.70. The van der Waals surface area contributed by atoms with Crippen LogP contribution in [0.2, 0.25) is 0 Å². The van der Waals surface area contributed by atoms with E-state index >= 15 is 0 Å². The molecule has 13 heavy (non-hydrogen) atoms. The van der Waals surface area contributed by atoms with E-state index in [1.54, 1.807) is 0 Å². The predicted octanol–water partition coefficient (Wildman–Crippen LogP) is 1.36. The summed E-state index contributed by atoms with van der Waals surface area (Å²) in [6.07, 6.45) is 7.24. The highest BCUT2D eigenvalue weighted by molar-refractivity contribution is 4.85. The lowest BCUT2D eigenvalue weighted by molar-refractivity contribution is 0.181. The minimum Gasteiger partial charge on any atom is -0.330 e. The molecule has 2 aliphatic rings. The van der Waals surface area contributed by atoms with E-state index in [2.05, 4.69) is 5.32 Å². The van der Waals surface area contributed by atoms with E-state index in [1.165, 1.54) is 38.6 Å². The smallest absolute Gasteiger partial charge is 0.000569 e. The Balaban J connectivity index is 1.93. The van der Waals surface area contributed by atoms with Gasteiger partial charge in [-0.3, -0.25) is 0 Å². The minimum absolute atomic E-state index is 0.761. The van der Waals surface area contributed by atoms with Crippen LogP contribution in [0.1, 0.15) is 32.1 Å². The van der Waals surface area contributed by atoms with Gasteiger partial charge < -0.3 is 11.1 Å². The maximum Gasteiger partial charge on any atom is -0.000569 e.